The average Bonchev–Trinajstić information content (AvgIpc) is 3.42. The topological polar surface area (TPSA) is 81.1 Å². The molecule has 0 aliphatic carbocycles. The lowest BCUT2D eigenvalue weighted by atomic mass is 10.1. The van der Waals surface area contributed by atoms with Gasteiger partial charge < -0.3 is 10.1 Å². The van der Waals surface area contributed by atoms with Crippen LogP contribution in [0.4, 0.5) is 10.9 Å². The molecule has 0 saturated heterocycles. The van der Waals surface area contributed by atoms with Crippen molar-refractivity contribution in [1.29, 1.82) is 0 Å². The van der Waals surface area contributed by atoms with Gasteiger partial charge in [0.2, 0.25) is 5.95 Å². The van der Waals surface area contributed by atoms with Crippen molar-refractivity contribution >= 4 is 68.8 Å². The maximum atomic E-state index is 12.3. The van der Waals surface area contributed by atoms with E-state index in [-0.39, 0.29) is 5.11 Å². The molecule has 0 spiro atoms. The van der Waals surface area contributed by atoms with Gasteiger partial charge in [-0.2, -0.15) is 0 Å². The first-order valence-electron chi connectivity index (χ1n) is 10.1. The Hall–Kier alpha value is -2.98. The Morgan fingerprint density at radius 1 is 1.15 bits per heavy atom. The fraction of sp³-hybridized carbons (Fsp3) is 0.130. The fourth-order valence-corrected chi connectivity index (χ4v) is 4.98. The van der Waals surface area contributed by atoms with Crippen molar-refractivity contribution in [1.82, 2.24) is 14.8 Å². The smallest absolute Gasteiger partial charge is 0.340 e. The van der Waals surface area contributed by atoms with Crippen molar-refractivity contribution in [2.24, 2.45) is 0 Å². The molecule has 7 nitrogen and oxygen atoms in total. The van der Waals surface area contributed by atoms with Gasteiger partial charge in [0.15, 0.2) is 5.11 Å². The molecule has 4 aromatic rings. The van der Waals surface area contributed by atoms with E-state index in [0.29, 0.717) is 39.5 Å². The highest BCUT2D eigenvalue weighted by Gasteiger charge is 2.18. The van der Waals surface area contributed by atoms with E-state index in [1.54, 1.807) is 23.1 Å². The number of nitrogens with one attached hydrogen (secondary N) is 2. The van der Waals surface area contributed by atoms with Crippen LogP contribution in [0.2, 0.25) is 10.0 Å². The van der Waals surface area contributed by atoms with Gasteiger partial charge in [0.05, 0.1) is 19.2 Å². The van der Waals surface area contributed by atoms with Crippen LogP contribution in [-0.4, -0.2) is 33.0 Å². The number of nitrogens with zero attached hydrogens (tertiary/aromatic N) is 3. The molecule has 4 rings (SSSR count). The lowest BCUT2D eigenvalue weighted by Gasteiger charge is -2.08. The molecule has 0 radical (unpaired) electrons. The predicted molar refractivity (Wildman–Crippen MR) is 140 cm³/mol. The second kappa shape index (κ2) is 11.0. The molecule has 0 fully saturated rings. The van der Waals surface area contributed by atoms with Gasteiger partial charge in [0.25, 0.3) is 0 Å². The third-order valence-corrected chi connectivity index (χ3v) is 6.59. The van der Waals surface area contributed by atoms with Crippen LogP contribution in [0, 0.1) is 0 Å². The van der Waals surface area contributed by atoms with Crippen molar-refractivity contribution in [3.63, 3.8) is 0 Å². The summed E-state index contributed by atoms with van der Waals surface area (Å²) in [6, 6.07) is 17.1. The monoisotopic (exact) mass is 531 g/mol. The number of ether oxygens (including phenoxy) is 1. The maximum absolute atomic E-state index is 12.3. The largest absolute Gasteiger partial charge is 0.465 e. The van der Waals surface area contributed by atoms with Crippen LogP contribution in [-0.2, 0) is 17.7 Å². The number of carbonyl (C=O) groups excluding carboxylic acids is 1. The quantitative estimate of drug-likeness (QED) is 0.227. The van der Waals surface area contributed by atoms with Gasteiger partial charge in [-0.3, -0.25) is 5.32 Å². The van der Waals surface area contributed by atoms with Crippen LogP contribution < -0.4 is 10.6 Å². The van der Waals surface area contributed by atoms with Gasteiger partial charge in [-0.15, -0.1) is 16.4 Å². The zero-order chi connectivity index (χ0) is 24.1. The minimum Gasteiger partial charge on any atom is -0.465 e. The van der Waals surface area contributed by atoms with Crippen LogP contribution in [0.3, 0.4) is 0 Å². The summed E-state index contributed by atoms with van der Waals surface area (Å²) in [6.07, 6.45) is 2.26. The number of thiocarbonyl (C=S) groups is 1. The number of halogens is 2. The van der Waals surface area contributed by atoms with Gasteiger partial charge in [-0.25, -0.2) is 14.5 Å². The van der Waals surface area contributed by atoms with E-state index in [4.69, 9.17) is 40.2 Å². The number of anilines is 2. The Balaban J connectivity index is 1.43. The van der Waals surface area contributed by atoms with E-state index in [1.165, 1.54) is 18.4 Å². The van der Waals surface area contributed by atoms with Gasteiger partial charge in [0, 0.05) is 21.3 Å². The third kappa shape index (κ3) is 6.12. The Labute approximate surface area is 215 Å². The summed E-state index contributed by atoms with van der Waals surface area (Å²) >= 11 is 19.0. The van der Waals surface area contributed by atoms with Crippen LogP contribution >= 0.6 is 46.8 Å². The highest BCUT2D eigenvalue weighted by atomic mass is 35.5. The van der Waals surface area contributed by atoms with E-state index >= 15 is 0 Å². The van der Waals surface area contributed by atoms with Crippen molar-refractivity contribution in [2.75, 3.05) is 17.7 Å². The van der Waals surface area contributed by atoms with Crippen molar-refractivity contribution < 1.29 is 9.53 Å². The highest BCUT2D eigenvalue weighted by molar-refractivity contribution is 7.80. The number of carbonyl (C=O) groups is 1. The van der Waals surface area contributed by atoms with Crippen molar-refractivity contribution in [3.8, 4) is 0 Å². The normalized spacial score (nSPS) is 10.7. The minimum atomic E-state index is -0.442. The molecule has 2 N–H and O–H groups in total. The van der Waals surface area contributed by atoms with E-state index in [2.05, 4.69) is 20.7 Å². The molecular weight excluding hydrogens is 513 g/mol. The average molecular weight is 532 g/mol. The lowest BCUT2D eigenvalue weighted by Crippen LogP contribution is -2.20. The summed E-state index contributed by atoms with van der Waals surface area (Å²) < 4.78 is 6.56. The second-order valence-electron chi connectivity index (χ2n) is 7.19. The molecule has 0 unspecified atom stereocenters. The molecule has 2 heterocycles. The van der Waals surface area contributed by atoms with Gasteiger partial charge in [-0.1, -0.05) is 59.6 Å². The Morgan fingerprint density at radius 2 is 1.94 bits per heavy atom. The second-order valence-corrected chi connectivity index (χ2v) is 9.58. The van der Waals surface area contributed by atoms with Crippen LogP contribution in [0.25, 0.3) is 0 Å². The Morgan fingerprint density at radius 3 is 2.68 bits per heavy atom. The number of rotatable bonds is 7. The minimum absolute atomic E-state index is 0.250. The molecule has 0 atom stereocenters. The molecule has 11 heteroatoms. The van der Waals surface area contributed by atoms with Crippen LogP contribution in [0.15, 0.2) is 60.9 Å². The number of thiophene rings is 1. The van der Waals surface area contributed by atoms with Crippen molar-refractivity contribution in [3.05, 3.63) is 92.5 Å². The van der Waals surface area contributed by atoms with E-state index in [9.17, 15) is 4.79 Å². The standard InChI is InChI=1S/C23H19Cl2N5O2S2/c1-32-21(31)18-11-17(9-14-5-3-2-4-6-14)34-20(18)27-23(33)28-22-26-13-30(29-22)12-15-7-8-16(24)10-19(15)25/h2-8,10-11,13H,9,12H2,1H3,(H2,27,28,29,33). The SMILES string of the molecule is COC(=O)c1cc(Cc2ccccc2)sc1NC(=S)Nc1ncn(Cc2ccc(Cl)cc2Cl)n1. The zero-order valence-corrected chi connectivity index (χ0v) is 21.1. The zero-order valence-electron chi connectivity index (χ0n) is 17.9. The predicted octanol–water partition coefficient (Wildman–Crippen LogP) is 5.88. The summed E-state index contributed by atoms with van der Waals surface area (Å²) in [6.45, 7) is 0.422. The molecule has 34 heavy (non-hydrogen) atoms. The molecular formula is C23H19Cl2N5O2S2. The van der Waals surface area contributed by atoms with Crippen LogP contribution in [0.5, 0.6) is 0 Å². The molecule has 2 aromatic heterocycles. The molecule has 0 aliphatic heterocycles. The number of esters is 1. The molecule has 174 valence electrons. The number of benzene rings is 2. The Bertz CT molecular complexity index is 1320. The van der Waals surface area contributed by atoms with E-state index in [1.807, 2.05) is 42.5 Å². The molecule has 0 saturated carbocycles. The number of hydrogen-bond donors (Lipinski definition) is 2. The first kappa shape index (κ1) is 24.2. The number of methoxy groups -OCH3 is 1. The summed E-state index contributed by atoms with van der Waals surface area (Å²) in [5.41, 5.74) is 2.41. The fourth-order valence-electron chi connectivity index (χ4n) is 3.17. The highest BCUT2D eigenvalue weighted by Crippen LogP contribution is 2.30. The molecule has 0 bridgehead atoms. The Kier molecular flexibility index (Phi) is 7.79. The molecule has 0 amide bonds. The maximum Gasteiger partial charge on any atom is 0.340 e. The number of aromatic nitrogens is 3. The van der Waals surface area contributed by atoms with Gasteiger partial charge >= 0.3 is 5.97 Å². The first-order chi connectivity index (χ1) is 16.4. The molecule has 2 aromatic carbocycles. The lowest BCUT2D eigenvalue weighted by molar-refractivity contribution is 0.0602. The number of hydrogen-bond acceptors (Lipinski definition) is 6. The summed E-state index contributed by atoms with van der Waals surface area (Å²) in [4.78, 5) is 17.5. The van der Waals surface area contributed by atoms with Crippen molar-refractivity contribution in [2.45, 2.75) is 13.0 Å². The first-order valence-corrected chi connectivity index (χ1v) is 12.1. The van der Waals surface area contributed by atoms with E-state index in [0.717, 1.165) is 16.0 Å². The van der Waals surface area contributed by atoms with Gasteiger partial charge in [-0.05, 0) is 41.5 Å². The summed E-state index contributed by atoms with van der Waals surface area (Å²) in [5, 5.41) is 12.3. The van der Waals surface area contributed by atoms with E-state index < -0.39 is 5.97 Å². The van der Waals surface area contributed by atoms with Crippen LogP contribution in [0.1, 0.15) is 26.4 Å². The van der Waals surface area contributed by atoms with Gasteiger partial charge in [0.1, 0.15) is 11.3 Å². The molecule has 0 aliphatic rings. The summed E-state index contributed by atoms with van der Waals surface area (Å²) in [5.74, 6) is -0.133. The third-order valence-electron chi connectivity index (χ3n) is 4.75. The summed E-state index contributed by atoms with van der Waals surface area (Å²) in [7, 11) is 1.35.